The van der Waals surface area contributed by atoms with Crippen LogP contribution in [0.15, 0.2) is 34.8 Å². The Kier molecular flexibility index (Phi) is 4.82. The first kappa shape index (κ1) is 18.8. The average molecular weight is 370 g/mol. The molecule has 1 aromatic heterocycles. The molecule has 3 rings (SSSR count). The van der Waals surface area contributed by atoms with E-state index in [2.05, 4.69) is 51.9 Å². The van der Waals surface area contributed by atoms with Gasteiger partial charge in [0, 0.05) is 5.56 Å². The number of rotatable bonds is 3. The molecule has 1 heterocycles. The van der Waals surface area contributed by atoms with Crippen LogP contribution in [0.1, 0.15) is 79.9 Å². The minimum Gasteiger partial charge on any atom is -0.312 e. The van der Waals surface area contributed by atoms with Crippen molar-refractivity contribution >= 4 is 23.0 Å². The maximum absolute atomic E-state index is 12.1. The van der Waals surface area contributed by atoms with Crippen LogP contribution in [0, 0.1) is 0 Å². The Bertz CT molecular complexity index is 855. The molecule has 4 heteroatoms. The molecule has 1 aromatic carbocycles. The van der Waals surface area contributed by atoms with Crippen molar-refractivity contribution in [1.29, 1.82) is 0 Å². The van der Waals surface area contributed by atoms with Gasteiger partial charge < -0.3 is 4.84 Å². The van der Waals surface area contributed by atoms with E-state index in [0.717, 1.165) is 24.1 Å². The summed E-state index contributed by atoms with van der Waals surface area (Å²) >= 11 is 1.36. The molecular formula is C22H27NO2S. The summed E-state index contributed by atoms with van der Waals surface area (Å²) in [5.74, 6) is -0.400. The van der Waals surface area contributed by atoms with E-state index in [-0.39, 0.29) is 10.8 Å². The molecule has 3 nitrogen and oxygen atoms in total. The maximum Gasteiger partial charge on any atom is 0.375 e. The molecule has 0 N–H and O–H groups in total. The quantitative estimate of drug-likeness (QED) is 0.387. The lowest BCUT2D eigenvalue weighted by molar-refractivity contribution is 0.0522. The van der Waals surface area contributed by atoms with E-state index < -0.39 is 5.97 Å². The number of benzene rings is 1. The predicted molar refractivity (Wildman–Crippen MR) is 108 cm³/mol. The van der Waals surface area contributed by atoms with Crippen LogP contribution in [0.3, 0.4) is 0 Å². The van der Waals surface area contributed by atoms with E-state index in [1.54, 1.807) is 6.07 Å². The van der Waals surface area contributed by atoms with Crippen molar-refractivity contribution in [3.8, 4) is 0 Å². The molecule has 26 heavy (non-hydrogen) atoms. The van der Waals surface area contributed by atoms with Crippen LogP contribution in [0.2, 0.25) is 0 Å². The number of carbonyl (C=O) groups is 1. The number of fused-ring (bicyclic) bond motifs is 1. The standard InChI is InChI=1S/C22H27NO2S/c1-14(23-25-20(24)19-8-7-11-26-19)17-12-15(21(2,3)4)13-18-16(17)9-10-22(18,5)6/h7-8,11-13H,9-10H2,1-6H3/b23-14+. The second-order valence-corrected chi connectivity index (χ2v) is 9.66. The molecule has 1 aliphatic rings. The lowest BCUT2D eigenvalue weighted by Crippen LogP contribution is -2.18. The first-order chi connectivity index (χ1) is 12.1. The van der Waals surface area contributed by atoms with Gasteiger partial charge in [0.15, 0.2) is 0 Å². The molecule has 0 aliphatic heterocycles. The summed E-state index contributed by atoms with van der Waals surface area (Å²) in [4.78, 5) is 17.9. The summed E-state index contributed by atoms with van der Waals surface area (Å²) < 4.78 is 0. The van der Waals surface area contributed by atoms with Gasteiger partial charge in [-0.1, -0.05) is 51.9 Å². The molecule has 1 aliphatic carbocycles. The SMILES string of the molecule is C/C(=N\OC(=O)c1cccs1)c1cc(C(C)(C)C)cc2c1CCC2(C)C. The fourth-order valence-corrected chi connectivity index (χ4v) is 4.07. The van der Waals surface area contributed by atoms with Crippen molar-refractivity contribution in [1.82, 2.24) is 0 Å². The number of nitrogens with zero attached hydrogens (tertiary/aromatic N) is 1. The van der Waals surface area contributed by atoms with Crippen molar-refractivity contribution in [2.45, 2.75) is 65.2 Å². The second kappa shape index (κ2) is 6.66. The molecular weight excluding hydrogens is 342 g/mol. The minimum absolute atomic E-state index is 0.0520. The Morgan fingerprint density at radius 2 is 2.00 bits per heavy atom. The topological polar surface area (TPSA) is 38.7 Å². The summed E-state index contributed by atoms with van der Waals surface area (Å²) in [7, 11) is 0. The van der Waals surface area contributed by atoms with E-state index in [4.69, 9.17) is 4.84 Å². The predicted octanol–water partition coefficient (Wildman–Crippen LogP) is 5.85. The highest BCUT2D eigenvalue weighted by atomic mass is 32.1. The van der Waals surface area contributed by atoms with Gasteiger partial charge in [-0.15, -0.1) is 11.3 Å². The molecule has 0 atom stereocenters. The van der Waals surface area contributed by atoms with Gasteiger partial charge in [0.1, 0.15) is 4.88 Å². The monoisotopic (exact) mass is 369 g/mol. The van der Waals surface area contributed by atoms with Gasteiger partial charge in [-0.25, -0.2) is 4.79 Å². The minimum atomic E-state index is -0.400. The van der Waals surface area contributed by atoms with E-state index >= 15 is 0 Å². The third kappa shape index (κ3) is 3.61. The summed E-state index contributed by atoms with van der Waals surface area (Å²) in [6.07, 6.45) is 2.17. The van der Waals surface area contributed by atoms with Crippen molar-refractivity contribution in [3.63, 3.8) is 0 Å². The molecule has 0 saturated carbocycles. The fraction of sp³-hybridized carbons (Fsp3) is 0.455. The number of hydrogen-bond acceptors (Lipinski definition) is 4. The third-order valence-electron chi connectivity index (χ3n) is 5.22. The van der Waals surface area contributed by atoms with Crippen molar-refractivity contribution in [2.75, 3.05) is 0 Å². The zero-order valence-corrected chi connectivity index (χ0v) is 17.3. The molecule has 0 fully saturated rings. The fourth-order valence-electron chi connectivity index (χ4n) is 3.47. The second-order valence-electron chi connectivity index (χ2n) is 8.72. The van der Waals surface area contributed by atoms with Gasteiger partial charge in [0.05, 0.1) is 5.71 Å². The Balaban J connectivity index is 2.00. The van der Waals surface area contributed by atoms with Crippen LogP contribution in [-0.4, -0.2) is 11.7 Å². The summed E-state index contributed by atoms with van der Waals surface area (Å²) in [6, 6.07) is 8.16. The smallest absolute Gasteiger partial charge is 0.312 e. The lowest BCUT2D eigenvalue weighted by atomic mass is 9.79. The Morgan fingerprint density at radius 1 is 1.27 bits per heavy atom. The first-order valence-electron chi connectivity index (χ1n) is 9.07. The summed E-state index contributed by atoms with van der Waals surface area (Å²) in [5.41, 5.74) is 6.12. The largest absolute Gasteiger partial charge is 0.375 e. The molecule has 0 spiro atoms. The van der Waals surface area contributed by atoms with Crippen molar-refractivity contribution in [2.24, 2.45) is 5.16 Å². The van der Waals surface area contributed by atoms with Crippen LogP contribution in [0.4, 0.5) is 0 Å². The Hall–Kier alpha value is -1.94. The lowest BCUT2D eigenvalue weighted by Gasteiger charge is -2.26. The molecule has 0 bridgehead atoms. The van der Waals surface area contributed by atoms with Gasteiger partial charge in [0.25, 0.3) is 0 Å². The number of hydrogen-bond donors (Lipinski definition) is 0. The van der Waals surface area contributed by atoms with Gasteiger partial charge in [-0.05, 0) is 64.8 Å². The van der Waals surface area contributed by atoms with Gasteiger partial charge in [0.2, 0.25) is 0 Å². The van der Waals surface area contributed by atoms with Gasteiger partial charge in [-0.2, -0.15) is 0 Å². The number of oxime groups is 1. The average Bonchev–Trinajstić information content (AvgIpc) is 3.19. The molecule has 138 valence electrons. The summed E-state index contributed by atoms with van der Waals surface area (Å²) in [6.45, 7) is 13.2. The van der Waals surface area contributed by atoms with Crippen LogP contribution >= 0.6 is 11.3 Å². The highest BCUT2D eigenvalue weighted by molar-refractivity contribution is 7.11. The normalized spacial score (nSPS) is 16.5. The van der Waals surface area contributed by atoms with Crippen LogP contribution < -0.4 is 0 Å². The number of carbonyl (C=O) groups excluding carboxylic acids is 1. The van der Waals surface area contributed by atoms with Crippen LogP contribution in [0.25, 0.3) is 0 Å². The third-order valence-corrected chi connectivity index (χ3v) is 6.07. The van der Waals surface area contributed by atoms with Crippen LogP contribution in [0.5, 0.6) is 0 Å². The number of thiophene rings is 1. The Labute approximate surface area is 160 Å². The molecule has 0 amide bonds. The van der Waals surface area contributed by atoms with Gasteiger partial charge in [-0.3, -0.25) is 0 Å². The van der Waals surface area contributed by atoms with Gasteiger partial charge >= 0.3 is 5.97 Å². The van der Waals surface area contributed by atoms with Crippen LogP contribution in [-0.2, 0) is 22.1 Å². The first-order valence-corrected chi connectivity index (χ1v) is 9.95. The summed E-state index contributed by atoms with van der Waals surface area (Å²) in [5, 5.41) is 6.03. The molecule has 0 radical (unpaired) electrons. The zero-order valence-electron chi connectivity index (χ0n) is 16.5. The highest BCUT2D eigenvalue weighted by Gasteiger charge is 2.33. The van der Waals surface area contributed by atoms with E-state index in [0.29, 0.717) is 4.88 Å². The van der Waals surface area contributed by atoms with E-state index in [1.807, 2.05) is 18.4 Å². The highest BCUT2D eigenvalue weighted by Crippen LogP contribution is 2.42. The zero-order chi connectivity index (χ0) is 19.1. The van der Waals surface area contributed by atoms with Crippen molar-refractivity contribution < 1.29 is 9.63 Å². The molecule has 0 unspecified atom stereocenters. The van der Waals surface area contributed by atoms with E-state index in [1.165, 1.54) is 28.0 Å². The van der Waals surface area contributed by atoms with E-state index in [9.17, 15) is 4.79 Å². The molecule has 2 aromatic rings. The molecule has 0 saturated heterocycles. The Morgan fingerprint density at radius 3 is 2.62 bits per heavy atom. The van der Waals surface area contributed by atoms with Crippen molar-refractivity contribution in [3.05, 3.63) is 56.8 Å². The maximum atomic E-state index is 12.1.